The van der Waals surface area contributed by atoms with Crippen LogP contribution >= 0.6 is 33.2 Å². The molecule has 0 unspecified atom stereocenters. The van der Waals surface area contributed by atoms with Gasteiger partial charge in [0.05, 0.1) is 0 Å². The lowest BCUT2D eigenvalue weighted by Crippen LogP contribution is -2.09. The molecule has 1 rings (SSSR count). The topological polar surface area (TPSA) is 26.3 Å². The third-order valence-electron chi connectivity index (χ3n) is 2.41. The van der Waals surface area contributed by atoms with Crippen LogP contribution in [0.4, 0.5) is 0 Å². The first kappa shape index (κ1) is 16.6. The van der Waals surface area contributed by atoms with Gasteiger partial charge in [-0.15, -0.1) is 33.2 Å². The van der Waals surface area contributed by atoms with E-state index in [0.717, 1.165) is 18.4 Å². The number of rotatable bonds is 6. The van der Waals surface area contributed by atoms with Crippen LogP contribution in [0.5, 0.6) is 5.75 Å². The van der Waals surface area contributed by atoms with E-state index >= 15 is 0 Å². The number of carbonyl (C=O) groups is 1. The quantitative estimate of drug-likeness (QED) is 0.246. The van der Waals surface area contributed by atoms with Crippen molar-refractivity contribution in [3.05, 3.63) is 42.0 Å². The monoisotopic (exact) mass is 336 g/mol. The first-order chi connectivity index (χ1) is 8.78. The van der Waals surface area contributed by atoms with Crippen LogP contribution in [0, 0.1) is 0 Å². The maximum Gasteiger partial charge on any atom is 0.341 e. The molecule has 0 atom stereocenters. The lowest BCUT2D eigenvalue weighted by molar-refractivity contribution is -0.130. The number of halogens is 3. The van der Waals surface area contributed by atoms with E-state index in [1.807, 2.05) is 12.1 Å². The number of carbonyl (C=O) groups excluding carboxylic acids is 1. The van der Waals surface area contributed by atoms with Crippen molar-refractivity contribution in [3.8, 4) is 5.75 Å². The normalized spacial score (nSPS) is 11.2. The summed E-state index contributed by atoms with van der Waals surface area (Å²) in [5.74, 6) is 0.0856. The van der Waals surface area contributed by atoms with E-state index in [2.05, 4.69) is 6.58 Å². The fourth-order valence-corrected chi connectivity index (χ4v) is 3.19. The summed E-state index contributed by atoms with van der Waals surface area (Å²) in [5.41, 5.74) is 1.50. The molecule has 0 aromatic heterocycles. The van der Waals surface area contributed by atoms with Gasteiger partial charge in [0, 0.05) is 5.57 Å². The van der Waals surface area contributed by atoms with Crippen molar-refractivity contribution in [2.75, 3.05) is 0 Å². The predicted octanol–water partition coefficient (Wildman–Crippen LogP) is 4.76. The summed E-state index contributed by atoms with van der Waals surface area (Å²) in [7, 11) is 0. The molecule has 6 heteroatoms. The average Bonchev–Trinajstić information content (AvgIpc) is 2.29. The Bertz CT molecular complexity index is 452. The van der Waals surface area contributed by atoms with Gasteiger partial charge >= 0.3 is 12.0 Å². The third kappa shape index (κ3) is 7.02. The van der Waals surface area contributed by atoms with Crippen molar-refractivity contribution in [1.29, 1.82) is 0 Å². The van der Waals surface area contributed by atoms with E-state index in [1.54, 1.807) is 19.1 Å². The van der Waals surface area contributed by atoms with E-state index in [0.29, 0.717) is 17.4 Å². The van der Waals surface area contributed by atoms with Gasteiger partial charge < -0.3 is 4.74 Å². The molecular formula is C13H15Cl3O2Si. The van der Waals surface area contributed by atoms with Gasteiger partial charge in [-0.2, -0.15) is 0 Å². The second kappa shape index (κ2) is 7.34. The van der Waals surface area contributed by atoms with Crippen LogP contribution in [0.3, 0.4) is 0 Å². The van der Waals surface area contributed by atoms with Gasteiger partial charge in [0.1, 0.15) is 5.75 Å². The molecule has 2 nitrogen and oxygen atoms in total. The highest BCUT2D eigenvalue weighted by Crippen LogP contribution is 2.27. The molecule has 0 radical (unpaired) electrons. The molecule has 19 heavy (non-hydrogen) atoms. The van der Waals surface area contributed by atoms with Crippen LogP contribution in [0.1, 0.15) is 18.9 Å². The molecule has 0 spiro atoms. The molecule has 104 valence electrons. The fraction of sp³-hybridized carbons (Fsp3) is 0.308. The molecular weight excluding hydrogens is 323 g/mol. The minimum absolute atomic E-state index is 0.372. The number of esters is 1. The molecule has 0 fully saturated rings. The summed E-state index contributed by atoms with van der Waals surface area (Å²) in [5, 5.41) is 0. The van der Waals surface area contributed by atoms with E-state index in [9.17, 15) is 4.79 Å². The Balaban J connectivity index is 2.48. The van der Waals surface area contributed by atoms with E-state index in [4.69, 9.17) is 38.0 Å². The maximum atomic E-state index is 11.3. The molecule has 1 aromatic carbocycles. The molecule has 1 aromatic rings. The number of ether oxygens (including phenoxy) is 1. The largest absolute Gasteiger partial charge is 0.423 e. The fourth-order valence-electron chi connectivity index (χ4n) is 1.41. The number of hydrogen-bond donors (Lipinski definition) is 0. The minimum atomic E-state index is -2.52. The van der Waals surface area contributed by atoms with Crippen molar-refractivity contribution in [3.63, 3.8) is 0 Å². The van der Waals surface area contributed by atoms with Gasteiger partial charge in [-0.3, -0.25) is 0 Å². The van der Waals surface area contributed by atoms with E-state index < -0.39 is 12.0 Å². The van der Waals surface area contributed by atoms with E-state index in [-0.39, 0.29) is 0 Å². The zero-order valence-corrected chi connectivity index (χ0v) is 13.9. The summed E-state index contributed by atoms with van der Waals surface area (Å²) < 4.78 is 5.09. The molecule has 0 N–H and O–H groups in total. The Morgan fingerprint density at radius 2 is 1.84 bits per heavy atom. The van der Waals surface area contributed by atoms with Crippen LogP contribution in [0.15, 0.2) is 36.4 Å². The summed E-state index contributed by atoms with van der Waals surface area (Å²) >= 11 is 17.4. The van der Waals surface area contributed by atoms with Crippen molar-refractivity contribution >= 4 is 45.2 Å². The molecule has 0 saturated heterocycles. The molecule has 0 aliphatic carbocycles. The van der Waals surface area contributed by atoms with Gasteiger partial charge in [0.25, 0.3) is 0 Å². The van der Waals surface area contributed by atoms with Crippen LogP contribution in [0.2, 0.25) is 6.04 Å². The first-order valence-electron chi connectivity index (χ1n) is 5.81. The molecule has 0 heterocycles. The van der Waals surface area contributed by atoms with Crippen molar-refractivity contribution in [2.24, 2.45) is 0 Å². The van der Waals surface area contributed by atoms with Gasteiger partial charge in [0.2, 0.25) is 0 Å². The minimum Gasteiger partial charge on any atom is -0.423 e. The summed E-state index contributed by atoms with van der Waals surface area (Å²) in [6.45, 7) is 5.13. The highest BCUT2D eigenvalue weighted by molar-refractivity contribution is 7.64. The second-order valence-corrected chi connectivity index (χ2v) is 13.6. The number of benzene rings is 1. The third-order valence-corrected chi connectivity index (χ3v) is 5.03. The van der Waals surface area contributed by atoms with Crippen LogP contribution < -0.4 is 4.74 Å². The van der Waals surface area contributed by atoms with Gasteiger partial charge in [-0.25, -0.2) is 4.79 Å². The molecule has 0 aliphatic heterocycles. The second-order valence-electron chi connectivity index (χ2n) is 4.28. The van der Waals surface area contributed by atoms with Crippen LogP contribution in [0.25, 0.3) is 0 Å². The number of hydrogen-bond acceptors (Lipinski definition) is 2. The van der Waals surface area contributed by atoms with Crippen molar-refractivity contribution < 1.29 is 9.53 Å². The van der Waals surface area contributed by atoms with Crippen molar-refractivity contribution in [1.82, 2.24) is 0 Å². The highest BCUT2D eigenvalue weighted by atomic mass is 35.8. The van der Waals surface area contributed by atoms with E-state index in [1.165, 1.54) is 0 Å². The first-order valence-corrected chi connectivity index (χ1v) is 11.1. The molecule has 0 bridgehead atoms. The molecule has 0 saturated carbocycles. The number of aryl methyl sites for hydroxylation is 1. The smallest absolute Gasteiger partial charge is 0.341 e. The zero-order valence-electron chi connectivity index (χ0n) is 10.6. The Morgan fingerprint density at radius 3 is 2.32 bits per heavy atom. The summed E-state index contributed by atoms with van der Waals surface area (Å²) in [6.07, 6.45) is 1.68. The Labute approximate surface area is 128 Å². The lowest BCUT2D eigenvalue weighted by Gasteiger charge is -2.08. The SMILES string of the molecule is C=C(C)C(=O)Oc1ccc(CCC[Si](Cl)(Cl)Cl)cc1. The van der Waals surface area contributed by atoms with Gasteiger partial charge in [-0.1, -0.05) is 18.7 Å². The van der Waals surface area contributed by atoms with Crippen molar-refractivity contribution in [2.45, 2.75) is 25.8 Å². The Morgan fingerprint density at radius 1 is 1.26 bits per heavy atom. The Hall–Kier alpha value is -0.483. The lowest BCUT2D eigenvalue weighted by atomic mass is 10.1. The standard InChI is InChI=1S/C13H15Cl3O2Si/c1-10(2)13(17)18-12-7-5-11(6-8-12)4-3-9-19(14,15)16/h5-8H,1,3-4,9H2,2H3. The average molecular weight is 338 g/mol. The molecule has 0 amide bonds. The highest BCUT2D eigenvalue weighted by Gasteiger charge is 2.23. The summed E-state index contributed by atoms with van der Waals surface area (Å²) in [6, 6.07) is 5.44. The predicted molar refractivity (Wildman–Crippen MR) is 83.3 cm³/mol. The zero-order chi connectivity index (χ0) is 14.5. The van der Waals surface area contributed by atoms with Crippen LogP contribution in [-0.4, -0.2) is 12.0 Å². The van der Waals surface area contributed by atoms with Crippen LogP contribution in [-0.2, 0) is 11.2 Å². The molecule has 0 aliphatic rings. The summed E-state index contributed by atoms with van der Waals surface area (Å²) in [4.78, 5) is 11.3. The maximum absolute atomic E-state index is 11.3. The van der Waals surface area contributed by atoms with Gasteiger partial charge in [0.15, 0.2) is 0 Å². The Kier molecular flexibility index (Phi) is 6.40. The van der Waals surface area contributed by atoms with Gasteiger partial charge in [-0.05, 0) is 43.5 Å².